The average molecular weight is 519 g/mol. The van der Waals surface area contributed by atoms with Crippen LogP contribution in [-0.2, 0) is 39.0 Å². The predicted octanol–water partition coefficient (Wildman–Crippen LogP) is 6.07. The summed E-state index contributed by atoms with van der Waals surface area (Å²) in [6, 6.07) is 10.2. The van der Waals surface area contributed by atoms with Crippen LogP contribution in [0.1, 0.15) is 47.9 Å². The zero-order valence-corrected chi connectivity index (χ0v) is 19.4. The van der Waals surface area contributed by atoms with Crippen LogP contribution in [0.25, 0.3) is 0 Å². The highest BCUT2D eigenvalue weighted by molar-refractivity contribution is 5.66. The van der Waals surface area contributed by atoms with E-state index in [1.54, 1.807) is 30.3 Å². The average Bonchev–Trinajstić information content (AvgIpc) is 2.82. The smallest absolute Gasteiger partial charge is 0.416 e. The van der Waals surface area contributed by atoms with Crippen LogP contribution in [0.3, 0.4) is 0 Å². The molecule has 1 N–H and O–H groups in total. The zero-order chi connectivity index (χ0) is 26.4. The number of morpholine rings is 1. The monoisotopic (exact) mass is 519 g/mol. The summed E-state index contributed by atoms with van der Waals surface area (Å²) in [6.07, 6.45) is -8.11. The summed E-state index contributed by atoms with van der Waals surface area (Å²) >= 11 is 0. The van der Waals surface area contributed by atoms with E-state index >= 15 is 0 Å². The lowest BCUT2D eigenvalue weighted by Gasteiger charge is -2.47. The molecule has 0 amide bonds. The van der Waals surface area contributed by atoms with Crippen molar-refractivity contribution in [3.05, 3.63) is 70.8 Å². The van der Waals surface area contributed by atoms with Crippen molar-refractivity contribution in [3.63, 3.8) is 0 Å². The predicted molar refractivity (Wildman–Crippen MR) is 118 cm³/mol. The lowest BCUT2D eigenvalue weighted by molar-refractivity contribution is -0.234. The van der Waals surface area contributed by atoms with Crippen LogP contribution in [0.2, 0.25) is 0 Å². The van der Waals surface area contributed by atoms with Gasteiger partial charge in [-0.1, -0.05) is 36.8 Å². The van der Waals surface area contributed by atoms with Gasteiger partial charge in [0, 0.05) is 25.1 Å². The highest BCUT2D eigenvalue weighted by atomic mass is 19.4. The molecular formula is C25H27F6NO4. The summed E-state index contributed by atoms with van der Waals surface area (Å²) in [5.41, 5.74) is -3.66. The molecule has 0 saturated carbocycles. The molecule has 0 radical (unpaired) electrons. The van der Waals surface area contributed by atoms with Crippen molar-refractivity contribution in [1.82, 2.24) is 4.90 Å². The molecule has 0 aromatic heterocycles. The zero-order valence-electron chi connectivity index (χ0n) is 19.4. The molecule has 5 nitrogen and oxygen atoms in total. The van der Waals surface area contributed by atoms with Gasteiger partial charge in [0.25, 0.3) is 0 Å². The number of carbonyl (C=O) groups is 1. The first kappa shape index (κ1) is 27.9. The molecule has 0 bridgehead atoms. The van der Waals surface area contributed by atoms with Gasteiger partial charge in [-0.25, -0.2) is 0 Å². The van der Waals surface area contributed by atoms with E-state index in [1.165, 1.54) is 0 Å². The van der Waals surface area contributed by atoms with E-state index in [0.29, 0.717) is 56.7 Å². The molecule has 2 aromatic rings. The number of alkyl halides is 6. The van der Waals surface area contributed by atoms with Crippen LogP contribution in [0, 0.1) is 0 Å². The Hall–Kier alpha value is -2.63. The standard InChI is InChI=1S/C25H27F6NO4/c26-24(27,28)20-13-18(14-21(15-20)25(29,30)31)16-36-23(19-7-3-1-4-8-19)17-35-12-11-32(23)10-6-2-5-9-22(33)34/h1,3-4,7-8,13-15H,2,5-6,9-12,16-17H2,(H,33,34)/t23-/m0/s1. The van der Waals surface area contributed by atoms with Gasteiger partial charge in [0.2, 0.25) is 0 Å². The summed E-state index contributed by atoms with van der Waals surface area (Å²) in [5, 5.41) is 8.82. The van der Waals surface area contributed by atoms with Crippen molar-refractivity contribution in [1.29, 1.82) is 0 Å². The Morgan fingerprint density at radius 3 is 2.19 bits per heavy atom. The quantitative estimate of drug-likeness (QED) is 0.305. The fraction of sp³-hybridized carbons (Fsp3) is 0.480. The van der Waals surface area contributed by atoms with Crippen LogP contribution < -0.4 is 0 Å². The van der Waals surface area contributed by atoms with Crippen molar-refractivity contribution in [2.24, 2.45) is 0 Å². The van der Waals surface area contributed by atoms with Crippen molar-refractivity contribution in [2.75, 3.05) is 26.3 Å². The van der Waals surface area contributed by atoms with E-state index in [0.717, 1.165) is 0 Å². The van der Waals surface area contributed by atoms with Gasteiger partial charge < -0.3 is 14.6 Å². The van der Waals surface area contributed by atoms with E-state index in [2.05, 4.69) is 0 Å². The first-order valence-corrected chi connectivity index (χ1v) is 11.4. The molecule has 36 heavy (non-hydrogen) atoms. The topological polar surface area (TPSA) is 59.0 Å². The number of hydrogen-bond acceptors (Lipinski definition) is 4. The lowest BCUT2D eigenvalue weighted by Crippen LogP contribution is -2.56. The minimum Gasteiger partial charge on any atom is -0.481 e. The molecule has 198 valence electrons. The Kier molecular flexibility index (Phi) is 9.02. The van der Waals surface area contributed by atoms with Crippen molar-refractivity contribution >= 4 is 5.97 Å². The minimum absolute atomic E-state index is 0.0250. The Labute approximate surface area is 204 Å². The molecule has 2 aromatic carbocycles. The van der Waals surface area contributed by atoms with Gasteiger partial charge in [0.1, 0.15) is 0 Å². The Bertz CT molecular complexity index is 980. The molecule has 1 atom stereocenters. The molecule has 1 saturated heterocycles. The van der Waals surface area contributed by atoms with Crippen molar-refractivity contribution in [3.8, 4) is 0 Å². The molecule has 0 spiro atoms. The number of ether oxygens (including phenoxy) is 2. The molecule has 1 heterocycles. The second-order valence-corrected chi connectivity index (χ2v) is 8.60. The maximum absolute atomic E-state index is 13.3. The van der Waals surface area contributed by atoms with E-state index in [4.69, 9.17) is 14.6 Å². The van der Waals surface area contributed by atoms with E-state index in [1.807, 2.05) is 4.90 Å². The van der Waals surface area contributed by atoms with Gasteiger partial charge in [0.15, 0.2) is 5.72 Å². The largest absolute Gasteiger partial charge is 0.481 e. The van der Waals surface area contributed by atoms with Gasteiger partial charge in [-0.15, -0.1) is 0 Å². The number of benzene rings is 2. The number of hydrogen-bond donors (Lipinski definition) is 1. The number of carboxylic acids is 1. The molecule has 1 fully saturated rings. The number of rotatable bonds is 10. The fourth-order valence-corrected chi connectivity index (χ4v) is 4.19. The molecule has 3 rings (SSSR count). The third-order valence-corrected chi connectivity index (χ3v) is 5.98. The maximum atomic E-state index is 13.3. The van der Waals surface area contributed by atoms with Crippen LogP contribution in [0.15, 0.2) is 48.5 Å². The number of unbranched alkanes of at least 4 members (excludes halogenated alkanes) is 2. The SMILES string of the molecule is O=C(O)CCCCCN1CCOC[C@]1(OCc1cc(C(F)(F)F)cc(C(F)(F)F)c1)c1ccccc1. The molecule has 1 aliphatic heterocycles. The number of nitrogens with zero attached hydrogens (tertiary/aromatic N) is 1. The minimum atomic E-state index is -4.96. The summed E-state index contributed by atoms with van der Waals surface area (Å²) < 4.78 is 91.7. The van der Waals surface area contributed by atoms with Gasteiger partial charge in [0.05, 0.1) is 30.9 Å². The fourth-order valence-electron chi connectivity index (χ4n) is 4.19. The maximum Gasteiger partial charge on any atom is 0.416 e. The highest BCUT2D eigenvalue weighted by Crippen LogP contribution is 2.38. The second kappa shape index (κ2) is 11.6. The Morgan fingerprint density at radius 2 is 1.61 bits per heavy atom. The van der Waals surface area contributed by atoms with Gasteiger partial charge in [-0.05, 0) is 36.6 Å². The van der Waals surface area contributed by atoms with E-state index in [9.17, 15) is 31.1 Å². The Morgan fingerprint density at radius 1 is 0.972 bits per heavy atom. The van der Waals surface area contributed by atoms with E-state index < -0.39 is 41.8 Å². The van der Waals surface area contributed by atoms with Gasteiger partial charge >= 0.3 is 18.3 Å². The van der Waals surface area contributed by atoms with Crippen LogP contribution in [0.4, 0.5) is 26.3 Å². The molecule has 0 unspecified atom stereocenters. The van der Waals surface area contributed by atoms with Crippen LogP contribution >= 0.6 is 0 Å². The van der Waals surface area contributed by atoms with E-state index in [-0.39, 0.29) is 24.7 Å². The first-order chi connectivity index (χ1) is 16.9. The summed E-state index contributed by atoms with van der Waals surface area (Å²) in [7, 11) is 0. The van der Waals surface area contributed by atoms with Gasteiger partial charge in [-0.3, -0.25) is 9.69 Å². The Balaban J connectivity index is 1.89. The summed E-state index contributed by atoms with van der Waals surface area (Å²) in [6.45, 7) is 0.783. The normalized spacial score (nSPS) is 19.4. The van der Waals surface area contributed by atoms with Gasteiger partial charge in [-0.2, -0.15) is 26.3 Å². The first-order valence-electron chi connectivity index (χ1n) is 11.4. The molecule has 0 aliphatic carbocycles. The lowest BCUT2D eigenvalue weighted by atomic mass is 9.98. The van der Waals surface area contributed by atoms with Crippen molar-refractivity contribution in [2.45, 2.75) is 50.4 Å². The number of halogens is 6. The molecule has 11 heteroatoms. The summed E-state index contributed by atoms with van der Waals surface area (Å²) in [4.78, 5) is 12.7. The molecular weight excluding hydrogens is 492 g/mol. The molecule has 1 aliphatic rings. The van der Waals surface area contributed by atoms with Crippen LogP contribution in [-0.4, -0.2) is 42.3 Å². The second-order valence-electron chi connectivity index (χ2n) is 8.60. The third kappa shape index (κ3) is 7.21. The number of aliphatic carboxylic acids is 1. The highest BCUT2D eigenvalue weighted by Gasteiger charge is 2.43. The number of carboxylic acid groups (broad SMARTS) is 1. The summed E-state index contributed by atoms with van der Waals surface area (Å²) in [5.74, 6) is -0.886. The van der Waals surface area contributed by atoms with Crippen LogP contribution in [0.5, 0.6) is 0 Å². The third-order valence-electron chi connectivity index (χ3n) is 5.98. The van der Waals surface area contributed by atoms with Crippen molar-refractivity contribution < 1.29 is 45.7 Å².